The van der Waals surface area contributed by atoms with Crippen LogP contribution in [0, 0.1) is 0 Å². The van der Waals surface area contributed by atoms with E-state index in [0.717, 1.165) is 16.7 Å². The third kappa shape index (κ3) is 3.57. The van der Waals surface area contributed by atoms with Crippen LogP contribution in [0.2, 0.25) is 5.02 Å². The fourth-order valence-corrected chi connectivity index (χ4v) is 3.48. The molecular weight excluding hydrogens is 370 g/mol. The fraction of sp³-hybridized carbons (Fsp3) is 0.130. The summed E-state index contributed by atoms with van der Waals surface area (Å²) in [7, 11) is 0. The smallest absolute Gasteiger partial charge is 0.261 e. The molecular formula is C23H20ClN3O. The van der Waals surface area contributed by atoms with Crippen molar-refractivity contribution >= 4 is 22.5 Å². The Labute approximate surface area is 168 Å². The van der Waals surface area contributed by atoms with Gasteiger partial charge in [0.2, 0.25) is 0 Å². The average molecular weight is 390 g/mol. The largest absolute Gasteiger partial charge is 0.330 e. The summed E-state index contributed by atoms with van der Waals surface area (Å²) in [5.74, 6) is 0.632. The summed E-state index contributed by atoms with van der Waals surface area (Å²) in [5, 5.41) is 1.12. The van der Waals surface area contributed by atoms with E-state index in [2.05, 4.69) is 12.1 Å². The molecule has 0 unspecified atom stereocenters. The van der Waals surface area contributed by atoms with Gasteiger partial charge in [-0.05, 0) is 42.3 Å². The van der Waals surface area contributed by atoms with Gasteiger partial charge < -0.3 is 5.73 Å². The van der Waals surface area contributed by atoms with Crippen LogP contribution >= 0.6 is 11.6 Å². The maximum absolute atomic E-state index is 13.1. The van der Waals surface area contributed by atoms with Gasteiger partial charge in [0.05, 0.1) is 10.9 Å². The van der Waals surface area contributed by atoms with Gasteiger partial charge in [-0.3, -0.25) is 9.36 Å². The molecule has 0 aliphatic heterocycles. The highest BCUT2D eigenvalue weighted by molar-refractivity contribution is 6.31. The van der Waals surface area contributed by atoms with Crippen molar-refractivity contribution in [1.82, 2.24) is 9.55 Å². The SMILES string of the molecule is NCCCn1c(-c2ccc(-c3ccccc3)cc2)nc2cc(Cl)ccc2c1=O. The molecule has 0 radical (unpaired) electrons. The highest BCUT2D eigenvalue weighted by Gasteiger charge is 2.13. The molecule has 1 heterocycles. The number of fused-ring (bicyclic) bond motifs is 1. The Morgan fingerprint density at radius 3 is 2.29 bits per heavy atom. The van der Waals surface area contributed by atoms with Gasteiger partial charge >= 0.3 is 0 Å². The molecule has 0 aliphatic rings. The van der Waals surface area contributed by atoms with Crippen molar-refractivity contribution in [1.29, 1.82) is 0 Å². The number of hydrogen-bond acceptors (Lipinski definition) is 3. The summed E-state index contributed by atoms with van der Waals surface area (Å²) in [6.45, 7) is 1.04. The summed E-state index contributed by atoms with van der Waals surface area (Å²) in [6, 6.07) is 23.4. The Kier molecular flexibility index (Phi) is 5.24. The Morgan fingerprint density at radius 2 is 1.57 bits per heavy atom. The zero-order chi connectivity index (χ0) is 19.5. The molecule has 4 nitrogen and oxygen atoms in total. The van der Waals surface area contributed by atoms with E-state index in [1.165, 1.54) is 0 Å². The number of hydrogen-bond donors (Lipinski definition) is 1. The molecule has 5 heteroatoms. The van der Waals surface area contributed by atoms with Gasteiger partial charge in [-0.15, -0.1) is 0 Å². The van der Waals surface area contributed by atoms with Crippen LogP contribution in [0.1, 0.15) is 6.42 Å². The maximum atomic E-state index is 13.1. The molecule has 3 aromatic carbocycles. The molecule has 2 N–H and O–H groups in total. The van der Waals surface area contributed by atoms with E-state index in [0.29, 0.717) is 41.3 Å². The molecule has 0 aliphatic carbocycles. The minimum atomic E-state index is -0.0720. The van der Waals surface area contributed by atoms with Gasteiger partial charge in [0, 0.05) is 17.1 Å². The lowest BCUT2D eigenvalue weighted by atomic mass is 10.0. The Balaban J connectivity index is 1.85. The quantitative estimate of drug-likeness (QED) is 0.536. The van der Waals surface area contributed by atoms with Crippen LogP contribution in [0.15, 0.2) is 77.6 Å². The van der Waals surface area contributed by atoms with Gasteiger partial charge in [0.1, 0.15) is 5.82 Å². The number of rotatable bonds is 5. The van der Waals surface area contributed by atoms with E-state index in [4.69, 9.17) is 22.3 Å². The first-order chi connectivity index (χ1) is 13.7. The molecule has 0 atom stereocenters. The van der Waals surface area contributed by atoms with E-state index in [1.54, 1.807) is 22.8 Å². The van der Waals surface area contributed by atoms with Crippen LogP contribution < -0.4 is 11.3 Å². The second kappa shape index (κ2) is 7.97. The van der Waals surface area contributed by atoms with Gasteiger partial charge in [-0.1, -0.05) is 66.2 Å². The van der Waals surface area contributed by atoms with E-state index in [-0.39, 0.29) is 5.56 Å². The summed E-state index contributed by atoms with van der Waals surface area (Å²) < 4.78 is 1.71. The summed E-state index contributed by atoms with van der Waals surface area (Å²) in [4.78, 5) is 17.8. The van der Waals surface area contributed by atoms with Crippen molar-refractivity contribution in [2.24, 2.45) is 5.73 Å². The Morgan fingerprint density at radius 1 is 0.893 bits per heavy atom. The average Bonchev–Trinajstić information content (AvgIpc) is 2.73. The molecule has 140 valence electrons. The number of halogens is 1. The lowest BCUT2D eigenvalue weighted by Gasteiger charge is -2.14. The summed E-state index contributed by atoms with van der Waals surface area (Å²) in [6.07, 6.45) is 0.704. The van der Waals surface area contributed by atoms with Crippen molar-refractivity contribution < 1.29 is 0 Å². The van der Waals surface area contributed by atoms with Crippen LogP contribution in [0.25, 0.3) is 33.4 Å². The predicted molar refractivity (Wildman–Crippen MR) is 116 cm³/mol. The minimum Gasteiger partial charge on any atom is -0.330 e. The van der Waals surface area contributed by atoms with E-state index in [9.17, 15) is 4.79 Å². The number of nitrogens with zero attached hydrogens (tertiary/aromatic N) is 2. The van der Waals surface area contributed by atoms with Gasteiger partial charge in [0.15, 0.2) is 0 Å². The third-order valence-electron chi connectivity index (χ3n) is 4.75. The lowest BCUT2D eigenvalue weighted by molar-refractivity contribution is 0.632. The zero-order valence-corrected chi connectivity index (χ0v) is 16.1. The van der Waals surface area contributed by atoms with Crippen LogP contribution in [0.5, 0.6) is 0 Å². The van der Waals surface area contributed by atoms with Gasteiger partial charge in [-0.2, -0.15) is 0 Å². The van der Waals surface area contributed by atoms with Crippen molar-refractivity contribution in [3.63, 3.8) is 0 Å². The second-order valence-corrected chi connectivity index (χ2v) is 7.08. The second-order valence-electron chi connectivity index (χ2n) is 6.64. The molecule has 4 aromatic rings. The predicted octanol–water partition coefficient (Wildman–Crippen LogP) is 4.73. The van der Waals surface area contributed by atoms with Crippen LogP contribution in [0.3, 0.4) is 0 Å². The van der Waals surface area contributed by atoms with Gasteiger partial charge in [0.25, 0.3) is 5.56 Å². The topological polar surface area (TPSA) is 60.9 Å². The van der Waals surface area contributed by atoms with E-state index >= 15 is 0 Å². The number of aromatic nitrogens is 2. The Bertz CT molecular complexity index is 1170. The number of nitrogens with two attached hydrogens (primary N) is 1. The van der Waals surface area contributed by atoms with Gasteiger partial charge in [-0.25, -0.2) is 4.98 Å². The first kappa shape index (κ1) is 18.4. The summed E-state index contributed by atoms with van der Waals surface area (Å²) >= 11 is 6.12. The highest BCUT2D eigenvalue weighted by atomic mass is 35.5. The van der Waals surface area contributed by atoms with Crippen molar-refractivity contribution in [2.45, 2.75) is 13.0 Å². The monoisotopic (exact) mass is 389 g/mol. The molecule has 0 spiro atoms. The standard InChI is InChI=1S/C23H20ClN3O/c24-19-11-12-20-21(15-19)26-22(27(23(20)28)14-4-13-25)18-9-7-17(8-10-18)16-5-2-1-3-6-16/h1-3,5-12,15H,4,13-14,25H2. The molecule has 28 heavy (non-hydrogen) atoms. The maximum Gasteiger partial charge on any atom is 0.261 e. The van der Waals surface area contributed by atoms with Crippen molar-refractivity contribution in [2.75, 3.05) is 6.54 Å². The number of benzene rings is 3. The van der Waals surface area contributed by atoms with E-state index < -0.39 is 0 Å². The molecule has 0 saturated carbocycles. The third-order valence-corrected chi connectivity index (χ3v) is 4.99. The normalized spacial score (nSPS) is 11.1. The lowest BCUT2D eigenvalue weighted by Crippen LogP contribution is -2.24. The molecule has 0 fully saturated rings. The minimum absolute atomic E-state index is 0.0720. The highest BCUT2D eigenvalue weighted by Crippen LogP contribution is 2.25. The molecule has 4 rings (SSSR count). The van der Waals surface area contributed by atoms with Crippen molar-refractivity contribution in [3.8, 4) is 22.5 Å². The first-order valence-electron chi connectivity index (χ1n) is 9.23. The van der Waals surface area contributed by atoms with Crippen LogP contribution in [0.4, 0.5) is 0 Å². The summed E-state index contributed by atoms with van der Waals surface area (Å²) in [5.41, 5.74) is 9.35. The van der Waals surface area contributed by atoms with Crippen molar-refractivity contribution in [3.05, 3.63) is 88.2 Å². The molecule has 0 saturated heterocycles. The van der Waals surface area contributed by atoms with Crippen LogP contribution in [-0.4, -0.2) is 16.1 Å². The first-order valence-corrected chi connectivity index (χ1v) is 9.61. The van der Waals surface area contributed by atoms with E-state index in [1.807, 2.05) is 42.5 Å². The zero-order valence-electron chi connectivity index (χ0n) is 15.3. The van der Waals surface area contributed by atoms with Crippen LogP contribution in [-0.2, 0) is 6.54 Å². The molecule has 1 aromatic heterocycles. The molecule has 0 bridgehead atoms. The Hall–Kier alpha value is -2.95. The molecule has 0 amide bonds. The fourth-order valence-electron chi connectivity index (χ4n) is 3.31.